The molecular formula is C15H18N2O4. The molecule has 0 radical (unpaired) electrons. The van der Waals surface area contributed by atoms with E-state index in [2.05, 4.69) is 10.6 Å². The standard InChI is InChI=1S/C15H18N2O4/c1-10-7-11(16-8-12(19)9-18)4-5-13(10)17-15(20)14-3-2-6-21-14/h2-7,12,16,18-19H,8-9H2,1H3,(H,17,20). The fourth-order valence-electron chi connectivity index (χ4n) is 1.81. The van der Waals surface area contributed by atoms with Crippen LogP contribution in [0.3, 0.4) is 0 Å². The summed E-state index contributed by atoms with van der Waals surface area (Å²) < 4.78 is 5.03. The lowest BCUT2D eigenvalue weighted by Crippen LogP contribution is -2.23. The zero-order valence-corrected chi connectivity index (χ0v) is 11.7. The molecule has 1 heterocycles. The Morgan fingerprint density at radius 2 is 2.19 bits per heavy atom. The van der Waals surface area contributed by atoms with Crippen LogP contribution in [0.4, 0.5) is 11.4 Å². The van der Waals surface area contributed by atoms with Crippen LogP contribution in [-0.2, 0) is 0 Å². The number of nitrogens with one attached hydrogen (secondary N) is 2. The van der Waals surface area contributed by atoms with Crippen molar-refractivity contribution in [2.45, 2.75) is 13.0 Å². The number of aliphatic hydroxyl groups excluding tert-OH is 2. The molecule has 4 N–H and O–H groups in total. The Morgan fingerprint density at radius 1 is 1.38 bits per heavy atom. The van der Waals surface area contributed by atoms with Gasteiger partial charge in [0.25, 0.3) is 5.91 Å². The molecule has 112 valence electrons. The van der Waals surface area contributed by atoms with Crippen molar-refractivity contribution >= 4 is 17.3 Å². The summed E-state index contributed by atoms with van der Waals surface area (Å²) in [7, 11) is 0. The summed E-state index contributed by atoms with van der Waals surface area (Å²) in [5.41, 5.74) is 2.36. The van der Waals surface area contributed by atoms with E-state index in [0.29, 0.717) is 5.69 Å². The van der Waals surface area contributed by atoms with Gasteiger partial charge in [-0.05, 0) is 42.8 Å². The number of anilines is 2. The first-order valence-corrected chi connectivity index (χ1v) is 6.58. The van der Waals surface area contributed by atoms with Crippen molar-refractivity contribution in [2.24, 2.45) is 0 Å². The van der Waals surface area contributed by atoms with Gasteiger partial charge in [0.15, 0.2) is 5.76 Å². The fourth-order valence-corrected chi connectivity index (χ4v) is 1.81. The monoisotopic (exact) mass is 290 g/mol. The summed E-state index contributed by atoms with van der Waals surface area (Å²) >= 11 is 0. The van der Waals surface area contributed by atoms with Crippen LogP contribution in [0.2, 0.25) is 0 Å². The van der Waals surface area contributed by atoms with Gasteiger partial charge in [0, 0.05) is 17.9 Å². The third-order valence-corrected chi connectivity index (χ3v) is 2.97. The van der Waals surface area contributed by atoms with Gasteiger partial charge >= 0.3 is 0 Å². The lowest BCUT2D eigenvalue weighted by Gasteiger charge is -2.13. The van der Waals surface area contributed by atoms with Crippen LogP contribution < -0.4 is 10.6 Å². The minimum Gasteiger partial charge on any atom is -0.459 e. The van der Waals surface area contributed by atoms with Crippen molar-refractivity contribution in [3.8, 4) is 0 Å². The molecule has 0 saturated carbocycles. The van der Waals surface area contributed by atoms with Gasteiger partial charge in [-0.2, -0.15) is 0 Å². The summed E-state index contributed by atoms with van der Waals surface area (Å²) in [4.78, 5) is 11.9. The second-order valence-corrected chi connectivity index (χ2v) is 4.68. The predicted molar refractivity (Wildman–Crippen MR) is 79.4 cm³/mol. The minimum absolute atomic E-state index is 0.252. The maximum absolute atomic E-state index is 11.9. The Balaban J connectivity index is 2.00. The van der Waals surface area contributed by atoms with Gasteiger partial charge in [-0.1, -0.05) is 0 Å². The maximum atomic E-state index is 11.9. The zero-order chi connectivity index (χ0) is 15.2. The lowest BCUT2D eigenvalue weighted by molar-refractivity contribution is 0.0996. The Labute approximate surface area is 122 Å². The van der Waals surface area contributed by atoms with Gasteiger partial charge in [0.1, 0.15) is 0 Å². The van der Waals surface area contributed by atoms with E-state index in [4.69, 9.17) is 9.52 Å². The Bertz CT molecular complexity index is 596. The molecule has 0 aliphatic carbocycles. The zero-order valence-electron chi connectivity index (χ0n) is 11.7. The number of hydrogen-bond acceptors (Lipinski definition) is 5. The van der Waals surface area contributed by atoms with Gasteiger partial charge in [-0.25, -0.2) is 0 Å². The lowest BCUT2D eigenvalue weighted by atomic mass is 10.1. The molecule has 1 aromatic heterocycles. The highest BCUT2D eigenvalue weighted by Crippen LogP contribution is 2.20. The summed E-state index contributed by atoms with van der Waals surface area (Å²) in [5, 5.41) is 23.8. The molecule has 0 bridgehead atoms. The molecule has 0 aliphatic heterocycles. The number of amides is 1. The largest absolute Gasteiger partial charge is 0.459 e. The molecule has 0 fully saturated rings. The van der Waals surface area contributed by atoms with Crippen LogP contribution >= 0.6 is 0 Å². The molecule has 2 aromatic rings. The summed E-state index contributed by atoms with van der Waals surface area (Å²) in [6.45, 7) is 1.84. The molecule has 1 unspecified atom stereocenters. The summed E-state index contributed by atoms with van der Waals surface area (Å²) in [6, 6.07) is 8.65. The van der Waals surface area contributed by atoms with Crippen molar-refractivity contribution in [1.29, 1.82) is 0 Å². The first kappa shape index (κ1) is 15.1. The molecule has 1 aromatic carbocycles. The number of furan rings is 1. The average Bonchev–Trinajstić information content (AvgIpc) is 3.01. The van der Waals surface area contributed by atoms with Gasteiger partial charge in [0.05, 0.1) is 19.0 Å². The van der Waals surface area contributed by atoms with Crippen LogP contribution in [0.15, 0.2) is 41.0 Å². The second kappa shape index (κ2) is 6.92. The van der Waals surface area contributed by atoms with Crippen molar-refractivity contribution in [1.82, 2.24) is 0 Å². The molecule has 0 spiro atoms. The van der Waals surface area contributed by atoms with Crippen LogP contribution in [0.1, 0.15) is 16.1 Å². The highest BCUT2D eigenvalue weighted by molar-refractivity contribution is 6.02. The number of rotatable bonds is 6. The number of carbonyl (C=O) groups excluding carboxylic acids is 1. The Kier molecular flexibility index (Phi) is 4.97. The molecule has 2 rings (SSSR count). The van der Waals surface area contributed by atoms with E-state index >= 15 is 0 Å². The highest BCUT2D eigenvalue weighted by Gasteiger charge is 2.10. The van der Waals surface area contributed by atoms with Crippen molar-refractivity contribution in [2.75, 3.05) is 23.8 Å². The van der Waals surface area contributed by atoms with Gasteiger partial charge in [0.2, 0.25) is 0 Å². The molecule has 6 heteroatoms. The van der Waals surface area contributed by atoms with Crippen LogP contribution in [0.5, 0.6) is 0 Å². The molecule has 6 nitrogen and oxygen atoms in total. The Hall–Kier alpha value is -2.31. The van der Waals surface area contributed by atoms with Crippen LogP contribution in [-0.4, -0.2) is 35.4 Å². The van der Waals surface area contributed by atoms with E-state index in [1.165, 1.54) is 6.26 Å². The first-order valence-electron chi connectivity index (χ1n) is 6.58. The van der Waals surface area contributed by atoms with Crippen LogP contribution in [0.25, 0.3) is 0 Å². The van der Waals surface area contributed by atoms with E-state index in [1.54, 1.807) is 24.3 Å². The predicted octanol–water partition coefficient (Wildman–Crippen LogP) is 1.61. The molecular weight excluding hydrogens is 272 g/mol. The number of aliphatic hydroxyl groups is 2. The van der Waals surface area contributed by atoms with E-state index in [0.717, 1.165) is 11.3 Å². The second-order valence-electron chi connectivity index (χ2n) is 4.68. The van der Waals surface area contributed by atoms with E-state index < -0.39 is 6.10 Å². The number of hydrogen-bond donors (Lipinski definition) is 4. The molecule has 0 aliphatic rings. The van der Waals surface area contributed by atoms with Gasteiger partial charge < -0.3 is 25.3 Å². The van der Waals surface area contributed by atoms with Gasteiger partial charge in [-0.3, -0.25) is 4.79 Å². The maximum Gasteiger partial charge on any atom is 0.291 e. The van der Waals surface area contributed by atoms with Crippen molar-refractivity contribution in [3.05, 3.63) is 47.9 Å². The topological polar surface area (TPSA) is 94.7 Å². The molecule has 21 heavy (non-hydrogen) atoms. The van der Waals surface area contributed by atoms with Gasteiger partial charge in [-0.15, -0.1) is 0 Å². The van der Waals surface area contributed by atoms with Crippen LogP contribution in [0, 0.1) is 6.92 Å². The Morgan fingerprint density at radius 3 is 2.81 bits per heavy atom. The van der Waals surface area contributed by atoms with E-state index in [-0.39, 0.29) is 24.8 Å². The highest BCUT2D eigenvalue weighted by atomic mass is 16.3. The summed E-state index contributed by atoms with van der Waals surface area (Å²) in [5.74, 6) is -0.0535. The third-order valence-electron chi connectivity index (χ3n) is 2.97. The van der Waals surface area contributed by atoms with E-state index in [1.807, 2.05) is 13.0 Å². The fraction of sp³-hybridized carbons (Fsp3) is 0.267. The van der Waals surface area contributed by atoms with Crippen molar-refractivity contribution < 1.29 is 19.4 Å². The third kappa shape index (κ3) is 4.08. The first-order chi connectivity index (χ1) is 10.1. The summed E-state index contributed by atoms with van der Waals surface area (Å²) in [6.07, 6.45) is 0.644. The normalized spacial score (nSPS) is 12.0. The van der Waals surface area contributed by atoms with Crippen molar-refractivity contribution in [3.63, 3.8) is 0 Å². The molecule has 0 saturated heterocycles. The smallest absolute Gasteiger partial charge is 0.291 e. The number of benzene rings is 1. The SMILES string of the molecule is Cc1cc(NCC(O)CO)ccc1NC(=O)c1ccco1. The minimum atomic E-state index is -0.802. The number of aryl methyl sites for hydroxylation is 1. The molecule has 1 amide bonds. The number of carbonyl (C=O) groups is 1. The quantitative estimate of drug-likeness (QED) is 0.648. The molecule has 1 atom stereocenters. The van der Waals surface area contributed by atoms with E-state index in [9.17, 15) is 9.90 Å². The average molecular weight is 290 g/mol.